The third-order valence-electron chi connectivity index (χ3n) is 3.53. The highest BCUT2D eigenvalue weighted by molar-refractivity contribution is 7.90. The maximum atomic E-state index is 12.2. The summed E-state index contributed by atoms with van der Waals surface area (Å²) in [5.74, 6) is 0.346. The number of para-hydroxylation sites is 1. The van der Waals surface area contributed by atoms with E-state index in [1.807, 2.05) is 6.07 Å². The van der Waals surface area contributed by atoms with Crippen molar-refractivity contribution in [3.8, 4) is 0 Å². The number of rotatable bonds is 2. The van der Waals surface area contributed by atoms with Gasteiger partial charge in [-0.2, -0.15) is 0 Å². The van der Waals surface area contributed by atoms with Crippen LogP contribution in [0.3, 0.4) is 0 Å². The number of nitrogens with one attached hydrogen (secondary N) is 1. The molecule has 1 aromatic rings. The van der Waals surface area contributed by atoms with E-state index in [0.717, 1.165) is 19.4 Å². The van der Waals surface area contributed by atoms with Crippen LogP contribution >= 0.6 is 0 Å². The van der Waals surface area contributed by atoms with Crippen LogP contribution in [-0.4, -0.2) is 40.7 Å². The van der Waals surface area contributed by atoms with Gasteiger partial charge in [-0.05, 0) is 25.0 Å². The SMILES string of the molecule is CN1C(=NC[C@@H]2CCCO2)NS(=O)(=O)c2ccccc21. The zero-order valence-electron chi connectivity index (χ0n) is 11.2. The second kappa shape index (κ2) is 5.06. The molecule has 3 rings (SSSR count). The molecule has 0 aliphatic carbocycles. The number of anilines is 1. The monoisotopic (exact) mass is 295 g/mol. The van der Waals surface area contributed by atoms with E-state index in [2.05, 4.69) is 9.71 Å². The van der Waals surface area contributed by atoms with Crippen molar-refractivity contribution in [1.82, 2.24) is 4.72 Å². The van der Waals surface area contributed by atoms with Crippen molar-refractivity contribution in [2.24, 2.45) is 4.99 Å². The van der Waals surface area contributed by atoms with Crippen LogP contribution < -0.4 is 9.62 Å². The Morgan fingerprint density at radius 3 is 3.00 bits per heavy atom. The van der Waals surface area contributed by atoms with Crippen LogP contribution in [0.5, 0.6) is 0 Å². The topological polar surface area (TPSA) is 71.0 Å². The summed E-state index contributed by atoms with van der Waals surface area (Å²) in [6.45, 7) is 1.24. The molecule has 0 unspecified atom stereocenters. The van der Waals surface area contributed by atoms with Gasteiger partial charge in [0.25, 0.3) is 10.0 Å². The molecule has 0 aromatic heterocycles. The average molecular weight is 295 g/mol. The minimum atomic E-state index is -3.53. The first-order valence-corrected chi connectivity index (χ1v) is 8.08. The Labute approximate surface area is 118 Å². The number of guanidine groups is 1. The van der Waals surface area contributed by atoms with Crippen LogP contribution in [0.2, 0.25) is 0 Å². The van der Waals surface area contributed by atoms with Gasteiger partial charge in [0.1, 0.15) is 4.90 Å². The lowest BCUT2D eigenvalue weighted by Crippen LogP contribution is -2.47. The number of ether oxygens (including phenoxy) is 1. The van der Waals surface area contributed by atoms with E-state index >= 15 is 0 Å². The van der Waals surface area contributed by atoms with Crippen molar-refractivity contribution in [1.29, 1.82) is 0 Å². The molecular formula is C13H17N3O3S. The second-order valence-corrected chi connectivity index (χ2v) is 6.58. The number of hydrogen-bond donors (Lipinski definition) is 1. The summed E-state index contributed by atoms with van der Waals surface area (Å²) in [6, 6.07) is 6.88. The van der Waals surface area contributed by atoms with E-state index in [-0.39, 0.29) is 11.0 Å². The van der Waals surface area contributed by atoms with Crippen LogP contribution in [0, 0.1) is 0 Å². The van der Waals surface area contributed by atoms with Crippen molar-refractivity contribution >= 4 is 21.7 Å². The molecule has 1 N–H and O–H groups in total. The molecule has 0 saturated carbocycles. The summed E-state index contributed by atoms with van der Waals surface area (Å²) in [5.41, 5.74) is 0.636. The van der Waals surface area contributed by atoms with Crippen LogP contribution in [0.1, 0.15) is 12.8 Å². The van der Waals surface area contributed by atoms with Crippen LogP contribution in [0.15, 0.2) is 34.2 Å². The van der Waals surface area contributed by atoms with Crippen LogP contribution in [0.25, 0.3) is 0 Å². The van der Waals surface area contributed by atoms with E-state index in [9.17, 15) is 8.42 Å². The van der Waals surface area contributed by atoms with Gasteiger partial charge in [-0.25, -0.2) is 18.1 Å². The zero-order chi connectivity index (χ0) is 14.2. The Bertz CT molecular complexity index is 636. The fourth-order valence-corrected chi connectivity index (χ4v) is 3.72. The highest BCUT2D eigenvalue weighted by atomic mass is 32.2. The molecule has 1 fully saturated rings. The lowest BCUT2D eigenvalue weighted by atomic mass is 10.2. The quantitative estimate of drug-likeness (QED) is 0.882. The van der Waals surface area contributed by atoms with Crippen molar-refractivity contribution in [3.05, 3.63) is 24.3 Å². The molecule has 0 spiro atoms. The highest BCUT2D eigenvalue weighted by Crippen LogP contribution is 2.27. The van der Waals surface area contributed by atoms with Gasteiger partial charge in [0.05, 0.1) is 18.3 Å². The van der Waals surface area contributed by atoms with Crippen molar-refractivity contribution in [3.63, 3.8) is 0 Å². The summed E-state index contributed by atoms with van der Waals surface area (Å²) in [6.07, 6.45) is 2.11. The Hall–Kier alpha value is -1.60. The first-order valence-electron chi connectivity index (χ1n) is 6.59. The predicted octanol–water partition coefficient (Wildman–Crippen LogP) is 0.950. The van der Waals surface area contributed by atoms with Crippen molar-refractivity contribution in [2.45, 2.75) is 23.8 Å². The number of fused-ring (bicyclic) bond motifs is 1. The first kappa shape index (κ1) is 13.4. The predicted molar refractivity (Wildman–Crippen MR) is 76.4 cm³/mol. The molecule has 1 atom stereocenters. The normalized spacial score (nSPS) is 26.4. The number of benzene rings is 1. The minimum absolute atomic E-state index is 0.0950. The number of aliphatic imine (C=N–C) groups is 1. The maximum Gasteiger partial charge on any atom is 0.266 e. The van der Waals surface area contributed by atoms with Crippen molar-refractivity contribution < 1.29 is 13.2 Å². The van der Waals surface area contributed by atoms with E-state index < -0.39 is 10.0 Å². The Kier molecular flexibility index (Phi) is 3.39. The molecule has 6 nitrogen and oxygen atoms in total. The molecule has 7 heteroatoms. The largest absolute Gasteiger partial charge is 0.376 e. The number of hydrogen-bond acceptors (Lipinski definition) is 4. The van der Waals surface area contributed by atoms with Gasteiger partial charge < -0.3 is 9.64 Å². The molecule has 1 aromatic carbocycles. The summed E-state index contributed by atoms with van der Waals surface area (Å²) >= 11 is 0. The third kappa shape index (κ3) is 2.38. The third-order valence-corrected chi connectivity index (χ3v) is 4.90. The Balaban J connectivity index is 1.89. The molecule has 0 amide bonds. The van der Waals surface area contributed by atoms with Crippen LogP contribution in [0.4, 0.5) is 5.69 Å². The molecular weight excluding hydrogens is 278 g/mol. The Morgan fingerprint density at radius 1 is 1.45 bits per heavy atom. The van der Waals surface area contributed by atoms with Gasteiger partial charge in [-0.3, -0.25) is 0 Å². The molecule has 20 heavy (non-hydrogen) atoms. The van der Waals surface area contributed by atoms with Gasteiger partial charge in [-0.15, -0.1) is 0 Å². The van der Waals surface area contributed by atoms with E-state index in [4.69, 9.17) is 4.74 Å². The fourth-order valence-electron chi connectivity index (χ4n) is 2.43. The molecule has 2 heterocycles. The maximum absolute atomic E-state index is 12.2. The zero-order valence-corrected chi connectivity index (χ0v) is 12.1. The minimum Gasteiger partial charge on any atom is -0.376 e. The molecule has 2 aliphatic heterocycles. The van der Waals surface area contributed by atoms with Gasteiger partial charge in [-0.1, -0.05) is 12.1 Å². The fraction of sp³-hybridized carbons (Fsp3) is 0.462. The van der Waals surface area contributed by atoms with Gasteiger partial charge >= 0.3 is 0 Å². The van der Waals surface area contributed by atoms with Crippen molar-refractivity contribution in [2.75, 3.05) is 25.1 Å². The molecule has 0 bridgehead atoms. The van der Waals surface area contributed by atoms with Gasteiger partial charge in [0.2, 0.25) is 5.96 Å². The standard InChI is InChI=1S/C13H17N3O3S/c1-16-11-6-2-3-7-12(11)20(17,18)15-13(16)14-9-10-5-4-8-19-10/h2-3,6-7,10H,4-5,8-9H2,1H3,(H,14,15)/t10-/m0/s1. The second-order valence-electron chi connectivity index (χ2n) is 4.93. The smallest absolute Gasteiger partial charge is 0.266 e. The number of nitrogens with zero attached hydrogens (tertiary/aromatic N) is 2. The van der Waals surface area contributed by atoms with Crippen LogP contribution in [-0.2, 0) is 14.8 Å². The summed E-state index contributed by atoms with van der Waals surface area (Å²) in [7, 11) is -1.73. The van der Waals surface area contributed by atoms with E-state index in [1.54, 1.807) is 30.1 Å². The van der Waals surface area contributed by atoms with Gasteiger partial charge in [0.15, 0.2) is 0 Å². The lowest BCUT2D eigenvalue weighted by Gasteiger charge is -2.29. The summed E-state index contributed by atoms with van der Waals surface area (Å²) in [5, 5.41) is 0. The van der Waals surface area contributed by atoms with Gasteiger partial charge in [0, 0.05) is 13.7 Å². The van der Waals surface area contributed by atoms with E-state index in [1.165, 1.54) is 0 Å². The van der Waals surface area contributed by atoms with E-state index in [0.29, 0.717) is 18.2 Å². The highest BCUT2D eigenvalue weighted by Gasteiger charge is 2.30. The number of sulfonamides is 1. The molecule has 108 valence electrons. The Morgan fingerprint density at radius 2 is 2.25 bits per heavy atom. The average Bonchev–Trinajstić information content (AvgIpc) is 2.95. The molecule has 2 aliphatic rings. The molecule has 0 radical (unpaired) electrons. The lowest BCUT2D eigenvalue weighted by molar-refractivity contribution is 0.118. The molecule has 1 saturated heterocycles. The summed E-state index contributed by atoms with van der Waals surface area (Å²) in [4.78, 5) is 6.40. The first-order chi connectivity index (χ1) is 9.58. The summed E-state index contributed by atoms with van der Waals surface area (Å²) < 4.78 is 32.4.